The first-order valence-corrected chi connectivity index (χ1v) is 8.09. The monoisotopic (exact) mass is 298 g/mol. The maximum absolute atomic E-state index is 12.2. The number of nitrogens with one attached hydrogen (secondary N) is 1. The number of rotatable bonds is 3. The summed E-state index contributed by atoms with van der Waals surface area (Å²) in [4.78, 5) is 0. The largest absolute Gasteiger partial charge is 0.377 e. The summed E-state index contributed by atoms with van der Waals surface area (Å²) in [5.74, 6) is 0.160. The van der Waals surface area contributed by atoms with Gasteiger partial charge in [0.2, 0.25) is 10.0 Å². The molecule has 0 aromatic rings. The van der Waals surface area contributed by atoms with Gasteiger partial charge in [0.25, 0.3) is 0 Å². The highest BCUT2D eigenvalue weighted by molar-refractivity contribution is 7.89. The third-order valence-corrected chi connectivity index (χ3v) is 5.31. The molecule has 7 heteroatoms. The fourth-order valence-electron chi connectivity index (χ4n) is 2.38. The lowest BCUT2D eigenvalue weighted by Crippen LogP contribution is -2.40. The Bertz CT molecular complexity index is 323. The molecule has 1 atom stereocenters. The van der Waals surface area contributed by atoms with Crippen LogP contribution in [0.2, 0.25) is 0 Å². The fraction of sp³-hybridized carbons (Fsp3) is 1.00. The fourth-order valence-corrected chi connectivity index (χ4v) is 4.10. The Labute approximate surface area is 116 Å². The lowest BCUT2D eigenvalue weighted by atomic mass is 10.1. The smallest absolute Gasteiger partial charge is 0.216 e. The van der Waals surface area contributed by atoms with Gasteiger partial charge in [0, 0.05) is 26.2 Å². The van der Waals surface area contributed by atoms with Gasteiger partial charge in [0.1, 0.15) is 0 Å². The van der Waals surface area contributed by atoms with Crippen molar-refractivity contribution < 1.29 is 13.2 Å². The average Bonchev–Trinajstić information content (AvgIpc) is 2.58. The van der Waals surface area contributed by atoms with E-state index >= 15 is 0 Å². The molecule has 0 aromatic carbocycles. The molecule has 0 aliphatic carbocycles. The Kier molecular flexibility index (Phi) is 6.87. The van der Waals surface area contributed by atoms with E-state index in [2.05, 4.69) is 5.32 Å². The molecule has 0 bridgehead atoms. The molecule has 2 aliphatic heterocycles. The predicted octanol–water partition coefficient (Wildman–Crippen LogP) is 0.602. The highest BCUT2D eigenvalue weighted by Crippen LogP contribution is 2.16. The number of hydrogen-bond donors (Lipinski definition) is 1. The molecule has 108 valence electrons. The highest BCUT2D eigenvalue weighted by Gasteiger charge is 2.28. The van der Waals surface area contributed by atoms with Crippen molar-refractivity contribution in [3.63, 3.8) is 0 Å². The van der Waals surface area contributed by atoms with E-state index in [1.807, 2.05) is 0 Å². The molecule has 2 fully saturated rings. The van der Waals surface area contributed by atoms with E-state index in [0.29, 0.717) is 19.7 Å². The van der Waals surface area contributed by atoms with Crippen LogP contribution in [0, 0.1) is 0 Å². The van der Waals surface area contributed by atoms with Gasteiger partial charge in [-0.3, -0.25) is 0 Å². The van der Waals surface area contributed by atoms with E-state index in [1.54, 1.807) is 4.31 Å². The summed E-state index contributed by atoms with van der Waals surface area (Å²) in [6, 6.07) is 0. The minimum atomic E-state index is -3.14. The lowest BCUT2D eigenvalue weighted by Gasteiger charge is -2.26. The lowest BCUT2D eigenvalue weighted by molar-refractivity contribution is 0.0299. The van der Waals surface area contributed by atoms with Gasteiger partial charge in [-0.1, -0.05) is 0 Å². The van der Waals surface area contributed by atoms with Gasteiger partial charge in [-0.15, -0.1) is 12.4 Å². The minimum absolute atomic E-state index is 0. The Morgan fingerprint density at radius 3 is 2.72 bits per heavy atom. The molecule has 2 heterocycles. The molecule has 0 amide bonds. The first-order valence-electron chi connectivity index (χ1n) is 6.49. The first kappa shape index (κ1) is 16.2. The second-order valence-corrected chi connectivity index (χ2v) is 6.78. The van der Waals surface area contributed by atoms with Gasteiger partial charge in [0.05, 0.1) is 11.9 Å². The van der Waals surface area contributed by atoms with Crippen LogP contribution in [0.15, 0.2) is 0 Å². The third kappa shape index (κ3) is 4.66. The SMILES string of the molecule is Cl.O=S(=O)(CC1CCCCO1)N1CCCNCC1. The topological polar surface area (TPSA) is 58.6 Å². The highest BCUT2D eigenvalue weighted by atomic mass is 35.5. The number of sulfonamides is 1. The minimum Gasteiger partial charge on any atom is -0.377 e. The number of nitrogens with zero attached hydrogens (tertiary/aromatic N) is 1. The van der Waals surface area contributed by atoms with Crippen molar-refractivity contribution in [2.24, 2.45) is 0 Å². The molecule has 5 nitrogen and oxygen atoms in total. The summed E-state index contributed by atoms with van der Waals surface area (Å²) in [5.41, 5.74) is 0. The molecule has 2 rings (SSSR count). The Hall–Kier alpha value is 0.120. The Balaban J connectivity index is 0.00000162. The summed E-state index contributed by atoms with van der Waals surface area (Å²) in [6.07, 6.45) is 3.83. The zero-order valence-electron chi connectivity index (χ0n) is 10.6. The molecule has 0 aromatic heterocycles. The van der Waals surface area contributed by atoms with Crippen molar-refractivity contribution in [1.82, 2.24) is 9.62 Å². The molecule has 18 heavy (non-hydrogen) atoms. The Morgan fingerprint density at radius 2 is 2.00 bits per heavy atom. The summed E-state index contributed by atoms with van der Waals surface area (Å²) in [6.45, 7) is 3.61. The van der Waals surface area contributed by atoms with E-state index in [4.69, 9.17) is 4.74 Å². The maximum Gasteiger partial charge on any atom is 0.216 e. The molecule has 0 spiro atoms. The maximum atomic E-state index is 12.2. The standard InChI is InChI=1S/C11H22N2O3S.ClH/c14-17(15,10-11-4-1-2-9-16-11)13-7-3-5-12-6-8-13;/h11-12H,1-10H2;1H. The van der Waals surface area contributed by atoms with Crippen LogP contribution in [0.4, 0.5) is 0 Å². The van der Waals surface area contributed by atoms with Crippen LogP contribution < -0.4 is 5.32 Å². The van der Waals surface area contributed by atoms with Gasteiger partial charge in [0.15, 0.2) is 0 Å². The van der Waals surface area contributed by atoms with Gasteiger partial charge in [-0.25, -0.2) is 12.7 Å². The summed E-state index contributed by atoms with van der Waals surface area (Å²) >= 11 is 0. The van der Waals surface area contributed by atoms with Crippen molar-refractivity contribution in [2.45, 2.75) is 31.8 Å². The number of halogens is 1. The zero-order chi connectivity index (χ0) is 12.1. The van der Waals surface area contributed by atoms with Crippen LogP contribution >= 0.6 is 12.4 Å². The second kappa shape index (κ2) is 7.65. The van der Waals surface area contributed by atoms with Crippen LogP contribution in [0.3, 0.4) is 0 Å². The van der Waals surface area contributed by atoms with Gasteiger partial charge >= 0.3 is 0 Å². The number of hydrogen-bond acceptors (Lipinski definition) is 4. The predicted molar refractivity (Wildman–Crippen MR) is 73.7 cm³/mol. The van der Waals surface area contributed by atoms with Gasteiger partial charge < -0.3 is 10.1 Å². The second-order valence-electron chi connectivity index (χ2n) is 4.77. The van der Waals surface area contributed by atoms with E-state index in [1.165, 1.54) is 0 Å². The van der Waals surface area contributed by atoms with E-state index in [9.17, 15) is 8.42 Å². The molecular weight excluding hydrogens is 276 g/mol. The van der Waals surface area contributed by atoms with Crippen molar-refractivity contribution in [3.8, 4) is 0 Å². The van der Waals surface area contributed by atoms with Crippen LogP contribution in [0.5, 0.6) is 0 Å². The molecule has 1 N–H and O–H groups in total. The molecule has 2 aliphatic rings. The summed E-state index contributed by atoms with van der Waals surface area (Å²) in [5, 5.41) is 3.22. The van der Waals surface area contributed by atoms with Crippen molar-refractivity contribution in [1.29, 1.82) is 0 Å². The quantitative estimate of drug-likeness (QED) is 0.829. The molecule has 0 radical (unpaired) electrons. The van der Waals surface area contributed by atoms with Crippen molar-refractivity contribution in [3.05, 3.63) is 0 Å². The van der Waals surface area contributed by atoms with Crippen LogP contribution in [0.1, 0.15) is 25.7 Å². The molecule has 0 saturated carbocycles. The normalized spacial score (nSPS) is 27.2. The molecule has 1 unspecified atom stereocenters. The van der Waals surface area contributed by atoms with Crippen LogP contribution in [0.25, 0.3) is 0 Å². The van der Waals surface area contributed by atoms with Gasteiger partial charge in [-0.2, -0.15) is 0 Å². The average molecular weight is 299 g/mol. The summed E-state index contributed by atoms with van der Waals surface area (Å²) in [7, 11) is -3.14. The van der Waals surface area contributed by atoms with Crippen LogP contribution in [-0.2, 0) is 14.8 Å². The number of ether oxygens (including phenoxy) is 1. The van der Waals surface area contributed by atoms with Crippen LogP contribution in [-0.4, -0.2) is 57.4 Å². The van der Waals surface area contributed by atoms with E-state index < -0.39 is 10.0 Å². The van der Waals surface area contributed by atoms with Crippen molar-refractivity contribution in [2.75, 3.05) is 38.5 Å². The van der Waals surface area contributed by atoms with E-state index in [0.717, 1.165) is 38.8 Å². The molecular formula is C11H23ClN2O3S. The third-order valence-electron chi connectivity index (χ3n) is 3.36. The zero-order valence-corrected chi connectivity index (χ0v) is 12.3. The van der Waals surface area contributed by atoms with Crippen molar-refractivity contribution >= 4 is 22.4 Å². The van der Waals surface area contributed by atoms with E-state index in [-0.39, 0.29) is 24.3 Å². The first-order chi connectivity index (χ1) is 8.18. The molecule has 2 saturated heterocycles. The van der Waals surface area contributed by atoms with Gasteiger partial charge in [-0.05, 0) is 32.2 Å². The summed E-state index contributed by atoms with van der Waals surface area (Å²) < 4.78 is 31.6. The Morgan fingerprint density at radius 1 is 1.17 bits per heavy atom.